The smallest absolute Gasteiger partial charge is 0.0366 e. The van der Waals surface area contributed by atoms with Crippen molar-refractivity contribution in [3.8, 4) is 0 Å². The Kier molecular flexibility index (Phi) is 5.90. The molecule has 112 valence electrons. The van der Waals surface area contributed by atoms with Gasteiger partial charge in [0.1, 0.15) is 0 Å². The maximum Gasteiger partial charge on any atom is 0.0366 e. The van der Waals surface area contributed by atoms with Crippen molar-refractivity contribution in [1.29, 1.82) is 0 Å². The van der Waals surface area contributed by atoms with E-state index in [-0.39, 0.29) is 0 Å². The summed E-state index contributed by atoms with van der Waals surface area (Å²) in [6, 6.07) is 6.91. The van der Waals surface area contributed by atoms with Gasteiger partial charge < -0.3 is 10.2 Å². The first-order valence-corrected chi connectivity index (χ1v) is 8.22. The molecule has 0 amide bonds. The van der Waals surface area contributed by atoms with E-state index in [2.05, 4.69) is 49.3 Å². The largest absolute Gasteiger partial charge is 0.374 e. The second-order valence-corrected chi connectivity index (χ2v) is 6.28. The molecule has 2 rings (SSSR count). The van der Waals surface area contributed by atoms with Crippen LogP contribution < -0.4 is 10.2 Å². The molecular weight excluding hydrogens is 244 g/mol. The Morgan fingerprint density at radius 2 is 1.95 bits per heavy atom. The molecule has 0 spiro atoms. The summed E-state index contributed by atoms with van der Waals surface area (Å²) in [7, 11) is 2.24. The van der Waals surface area contributed by atoms with Gasteiger partial charge in [-0.3, -0.25) is 0 Å². The third-order valence-corrected chi connectivity index (χ3v) is 4.59. The highest BCUT2D eigenvalue weighted by molar-refractivity contribution is 5.50. The van der Waals surface area contributed by atoms with Crippen molar-refractivity contribution in [2.24, 2.45) is 5.92 Å². The van der Waals surface area contributed by atoms with Gasteiger partial charge >= 0.3 is 0 Å². The monoisotopic (exact) mass is 274 g/mol. The van der Waals surface area contributed by atoms with E-state index in [1.165, 1.54) is 55.5 Å². The summed E-state index contributed by atoms with van der Waals surface area (Å²) in [4.78, 5) is 2.44. The molecule has 1 aliphatic rings. The minimum absolute atomic E-state index is 0.899. The van der Waals surface area contributed by atoms with Gasteiger partial charge in [-0.05, 0) is 55.5 Å². The lowest BCUT2D eigenvalue weighted by molar-refractivity contribution is 0.362. The quantitative estimate of drug-likeness (QED) is 0.839. The third-order valence-electron chi connectivity index (χ3n) is 4.59. The highest BCUT2D eigenvalue weighted by Crippen LogP contribution is 2.26. The molecule has 1 fully saturated rings. The number of hydrogen-bond donors (Lipinski definition) is 1. The second kappa shape index (κ2) is 7.68. The minimum atomic E-state index is 0.899. The second-order valence-electron chi connectivity index (χ2n) is 6.28. The van der Waals surface area contributed by atoms with Crippen LogP contribution >= 0.6 is 0 Å². The van der Waals surface area contributed by atoms with Gasteiger partial charge in [0.25, 0.3) is 0 Å². The Morgan fingerprint density at radius 3 is 2.60 bits per heavy atom. The summed E-state index contributed by atoms with van der Waals surface area (Å²) in [5, 5.41) is 3.41. The van der Waals surface area contributed by atoms with E-state index in [1.54, 1.807) is 0 Å². The van der Waals surface area contributed by atoms with Crippen LogP contribution in [0, 0.1) is 12.8 Å². The van der Waals surface area contributed by atoms with Gasteiger partial charge in [-0.2, -0.15) is 0 Å². The molecule has 0 aliphatic heterocycles. The normalized spacial score (nSPS) is 16.4. The summed E-state index contributed by atoms with van der Waals surface area (Å²) >= 11 is 0. The lowest BCUT2D eigenvalue weighted by atomic mass is 9.89. The molecule has 0 aromatic heterocycles. The van der Waals surface area contributed by atoms with Crippen molar-refractivity contribution in [2.75, 3.05) is 25.0 Å². The van der Waals surface area contributed by atoms with E-state index in [4.69, 9.17) is 0 Å². The van der Waals surface area contributed by atoms with Crippen molar-refractivity contribution in [2.45, 2.75) is 52.5 Å². The fraction of sp³-hybridized carbons (Fsp3) is 0.667. The molecule has 0 unspecified atom stereocenters. The van der Waals surface area contributed by atoms with Gasteiger partial charge in [0.15, 0.2) is 0 Å². The van der Waals surface area contributed by atoms with Crippen LogP contribution in [0.1, 0.15) is 50.2 Å². The molecule has 1 saturated carbocycles. The minimum Gasteiger partial charge on any atom is -0.374 e. The van der Waals surface area contributed by atoms with E-state index in [1.807, 2.05) is 0 Å². The zero-order valence-corrected chi connectivity index (χ0v) is 13.4. The van der Waals surface area contributed by atoms with Crippen molar-refractivity contribution in [1.82, 2.24) is 5.32 Å². The molecule has 1 aromatic carbocycles. The summed E-state index contributed by atoms with van der Waals surface area (Å²) in [5.41, 5.74) is 4.19. The van der Waals surface area contributed by atoms with Crippen molar-refractivity contribution >= 4 is 5.69 Å². The third kappa shape index (κ3) is 4.24. The van der Waals surface area contributed by atoms with Gasteiger partial charge in [0.05, 0.1) is 0 Å². The number of nitrogens with one attached hydrogen (secondary N) is 1. The highest BCUT2D eigenvalue weighted by atomic mass is 15.1. The molecule has 2 nitrogen and oxygen atoms in total. The van der Waals surface area contributed by atoms with E-state index < -0.39 is 0 Å². The number of anilines is 1. The lowest BCUT2D eigenvalue weighted by Crippen LogP contribution is -2.26. The first kappa shape index (κ1) is 15.4. The first-order valence-electron chi connectivity index (χ1n) is 8.22. The Balaban J connectivity index is 1.95. The average molecular weight is 274 g/mol. The molecule has 2 heteroatoms. The Hall–Kier alpha value is -1.02. The number of hydrogen-bond acceptors (Lipinski definition) is 2. The number of nitrogens with zero attached hydrogens (tertiary/aromatic N) is 1. The van der Waals surface area contributed by atoms with Crippen LogP contribution in [0.5, 0.6) is 0 Å². The zero-order valence-electron chi connectivity index (χ0n) is 13.4. The van der Waals surface area contributed by atoms with Crippen LogP contribution in [0.15, 0.2) is 18.2 Å². The van der Waals surface area contributed by atoms with Gasteiger partial charge in [-0.25, -0.2) is 0 Å². The fourth-order valence-electron chi connectivity index (χ4n) is 3.24. The van der Waals surface area contributed by atoms with E-state index in [9.17, 15) is 0 Å². The average Bonchev–Trinajstić information content (AvgIpc) is 2.47. The van der Waals surface area contributed by atoms with E-state index in [0.717, 1.165) is 19.0 Å². The molecule has 20 heavy (non-hydrogen) atoms. The van der Waals surface area contributed by atoms with Gasteiger partial charge in [0.2, 0.25) is 0 Å². The summed E-state index contributed by atoms with van der Waals surface area (Å²) < 4.78 is 0. The van der Waals surface area contributed by atoms with Gasteiger partial charge in [-0.15, -0.1) is 0 Å². The molecule has 0 saturated heterocycles. The molecule has 0 heterocycles. The molecule has 1 aromatic rings. The van der Waals surface area contributed by atoms with Crippen LogP contribution in [-0.2, 0) is 6.54 Å². The predicted molar refractivity (Wildman–Crippen MR) is 88.4 cm³/mol. The topological polar surface area (TPSA) is 15.3 Å². The van der Waals surface area contributed by atoms with Crippen LogP contribution in [0.2, 0.25) is 0 Å². The molecule has 0 atom stereocenters. The zero-order chi connectivity index (χ0) is 14.4. The number of aryl methyl sites for hydroxylation is 1. The lowest BCUT2D eigenvalue weighted by Gasteiger charge is -2.28. The Bertz CT molecular complexity index is 408. The SMILES string of the molecule is CCNCc1ccc(N(C)CC2CCCCC2)cc1C. The molecule has 0 bridgehead atoms. The van der Waals surface area contributed by atoms with Crippen molar-refractivity contribution < 1.29 is 0 Å². The summed E-state index contributed by atoms with van der Waals surface area (Å²) in [6.07, 6.45) is 7.14. The Labute approximate surface area is 124 Å². The van der Waals surface area contributed by atoms with Crippen LogP contribution in [0.4, 0.5) is 5.69 Å². The van der Waals surface area contributed by atoms with E-state index >= 15 is 0 Å². The van der Waals surface area contributed by atoms with Gasteiger partial charge in [-0.1, -0.05) is 32.3 Å². The number of rotatable bonds is 6. The number of benzene rings is 1. The fourth-order valence-corrected chi connectivity index (χ4v) is 3.24. The van der Waals surface area contributed by atoms with Crippen LogP contribution in [0.3, 0.4) is 0 Å². The highest BCUT2D eigenvalue weighted by Gasteiger charge is 2.15. The molecular formula is C18H30N2. The maximum absolute atomic E-state index is 3.41. The van der Waals surface area contributed by atoms with Crippen molar-refractivity contribution in [3.05, 3.63) is 29.3 Å². The first-order chi connectivity index (χ1) is 9.70. The van der Waals surface area contributed by atoms with Crippen molar-refractivity contribution in [3.63, 3.8) is 0 Å². The maximum atomic E-state index is 3.41. The predicted octanol–water partition coefficient (Wildman–Crippen LogP) is 4.12. The summed E-state index contributed by atoms with van der Waals surface area (Å²) in [5.74, 6) is 0.899. The Morgan fingerprint density at radius 1 is 1.20 bits per heavy atom. The molecule has 1 aliphatic carbocycles. The van der Waals surface area contributed by atoms with Gasteiger partial charge in [0, 0.05) is 25.8 Å². The standard InChI is InChI=1S/C18H30N2/c1-4-19-13-17-10-11-18(12-15(17)2)20(3)14-16-8-6-5-7-9-16/h10-12,16,19H,4-9,13-14H2,1-3H3. The molecule has 0 radical (unpaired) electrons. The van der Waals surface area contributed by atoms with Crippen LogP contribution in [0.25, 0.3) is 0 Å². The summed E-state index contributed by atoms with van der Waals surface area (Å²) in [6.45, 7) is 7.61. The van der Waals surface area contributed by atoms with E-state index in [0.29, 0.717) is 0 Å². The van der Waals surface area contributed by atoms with Crippen LogP contribution in [-0.4, -0.2) is 20.1 Å². The molecule has 1 N–H and O–H groups in total.